The second-order valence-electron chi connectivity index (χ2n) is 4.25. The molecule has 0 fully saturated rings. The van der Waals surface area contributed by atoms with Crippen LogP contribution in [0.4, 0.5) is 5.69 Å². The van der Waals surface area contributed by atoms with Gasteiger partial charge in [0, 0.05) is 0 Å². The summed E-state index contributed by atoms with van der Waals surface area (Å²) in [5, 5.41) is 0. The molecule has 0 saturated heterocycles. The van der Waals surface area contributed by atoms with Gasteiger partial charge in [0.15, 0.2) is 0 Å². The molecule has 0 radical (unpaired) electrons. The molecule has 15 heavy (non-hydrogen) atoms. The molecule has 1 aromatic rings. The zero-order valence-corrected chi connectivity index (χ0v) is 13.3. The molecule has 1 aromatic carbocycles. The summed E-state index contributed by atoms with van der Waals surface area (Å²) in [6.07, 6.45) is 0. The zero-order chi connectivity index (χ0) is 11.4. The van der Waals surface area contributed by atoms with Gasteiger partial charge in [-0.3, -0.25) is 0 Å². The Morgan fingerprint density at radius 2 is 1.53 bits per heavy atom. The van der Waals surface area contributed by atoms with Crippen LogP contribution in [0.3, 0.4) is 0 Å². The Bertz CT molecular complexity index is 332. The van der Waals surface area contributed by atoms with Gasteiger partial charge in [0.05, 0.1) is 0 Å². The average Bonchev–Trinajstić information content (AvgIpc) is 2.17. The minimum absolute atomic E-state index is 0.518. The monoisotopic (exact) mass is 394 g/mol. The van der Waals surface area contributed by atoms with Gasteiger partial charge >= 0.3 is 105 Å². The van der Waals surface area contributed by atoms with Gasteiger partial charge in [-0.25, -0.2) is 0 Å². The number of hydrogen-bond acceptors (Lipinski definition) is 1. The standard InChI is InChI=1S/C12H17N.ClH.W/c1-8(2)10-6-5-7-11(9(3)4)12(10)13;;/h5-9H,1-4H3;1H;/q;;+1/p-1. The van der Waals surface area contributed by atoms with Crippen LogP contribution in [-0.2, 0) is 17.3 Å². The first-order chi connectivity index (χ1) is 7.07. The van der Waals surface area contributed by atoms with Crippen molar-refractivity contribution in [1.82, 2.24) is 0 Å². The van der Waals surface area contributed by atoms with Gasteiger partial charge in [-0.1, -0.05) is 0 Å². The Morgan fingerprint density at radius 3 is 1.87 bits per heavy atom. The minimum atomic E-state index is -1.02. The molecule has 1 rings (SSSR count). The van der Waals surface area contributed by atoms with Gasteiger partial charge in [0.25, 0.3) is 0 Å². The van der Waals surface area contributed by atoms with Crippen LogP contribution in [0.25, 0.3) is 0 Å². The zero-order valence-electron chi connectivity index (χ0n) is 9.62. The molecule has 0 heterocycles. The first kappa shape index (κ1) is 13.1. The van der Waals surface area contributed by atoms with Crippen molar-refractivity contribution in [3.63, 3.8) is 0 Å². The second-order valence-corrected chi connectivity index (χ2v) is 6.54. The molecule has 0 unspecified atom stereocenters. The molecule has 0 amide bonds. The molecule has 0 saturated carbocycles. The fourth-order valence-corrected chi connectivity index (χ4v) is 3.22. The third kappa shape index (κ3) is 3.22. The van der Waals surface area contributed by atoms with Crippen LogP contribution in [0, 0.1) is 0 Å². The van der Waals surface area contributed by atoms with Crippen molar-refractivity contribution in [3.05, 3.63) is 29.3 Å². The van der Waals surface area contributed by atoms with Gasteiger partial charge in [0.1, 0.15) is 0 Å². The number of nitrogens with zero attached hydrogens (tertiary/aromatic N) is 1. The molecular formula is C12H17ClNW. The van der Waals surface area contributed by atoms with E-state index in [0.29, 0.717) is 11.8 Å². The summed E-state index contributed by atoms with van der Waals surface area (Å²) in [6, 6.07) is 6.46. The Kier molecular flexibility index (Phi) is 5.15. The van der Waals surface area contributed by atoms with Gasteiger partial charge in [-0.05, 0) is 0 Å². The second kappa shape index (κ2) is 5.91. The van der Waals surface area contributed by atoms with Gasteiger partial charge in [-0.2, -0.15) is 0 Å². The Labute approximate surface area is 105 Å². The quantitative estimate of drug-likeness (QED) is 0.685. The van der Waals surface area contributed by atoms with E-state index in [1.807, 2.05) is 0 Å². The molecular weight excluding hydrogens is 377 g/mol. The van der Waals surface area contributed by atoms with E-state index in [2.05, 4.69) is 49.4 Å². The van der Waals surface area contributed by atoms with E-state index >= 15 is 0 Å². The third-order valence-corrected chi connectivity index (χ3v) is 3.94. The number of benzene rings is 1. The van der Waals surface area contributed by atoms with E-state index in [4.69, 9.17) is 9.42 Å². The average molecular weight is 395 g/mol. The van der Waals surface area contributed by atoms with Crippen molar-refractivity contribution in [2.45, 2.75) is 39.5 Å². The van der Waals surface area contributed by atoms with Crippen LogP contribution in [0.2, 0.25) is 0 Å². The Balaban J connectivity index is 3.34. The van der Waals surface area contributed by atoms with Crippen molar-refractivity contribution < 1.29 is 17.3 Å². The molecule has 0 aliphatic rings. The van der Waals surface area contributed by atoms with Crippen LogP contribution in [0.1, 0.15) is 50.7 Å². The molecule has 0 aliphatic heterocycles. The van der Waals surface area contributed by atoms with Crippen molar-refractivity contribution in [2.24, 2.45) is 3.50 Å². The summed E-state index contributed by atoms with van der Waals surface area (Å²) in [5.41, 5.74) is 3.84. The number of hydrogen-bond donors (Lipinski definition) is 0. The topological polar surface area (TPSA) is 12.4 Å². The molecule has 0 spiro atoms. The van der Waals surface area contributed by atoms with E-state index in [9.17, 15) is 0 Å². The summed E-state index contributed by atoms with van der Waals surface area (Å²) in [6.45, 7) is 8.82. The van der Waals surface area contributed by atoms with Crippen molar-refractivity contribution in [2.75, 3.05) is 0 Å². The molecule has 0 N–H and O–H groups in total. The van der Waals surface area contributed by atoms with E-state index in [-0.39, 0.29) is 0 Å². The van der Waals surface area contributed by atoms with Crippen molar-refractivity contribution in [1.29, 1.82) is 0 Å². The van der Waals surface area contributed by atoms with E-state index in [1.54, 1.807) is 0 Å². The Morgan fingerprint density at radius 1 is 1.07 bits per heavy atom. The normalized spacial score (nSPS) is 11.9. The first-order valence-electron chi connectivity index (χ1n) is 5.19. The number of halogens is 1. The predicted molar refractivity (Wildman–Crippen MR) is 62.6 cm³/mol. The van der Waals surface area contributed by atoms with Crippen LogP contribution in [0.5, 0.6) is 0 Å². The van der Waals surface area contributed by atoms with Crippen LogP contribution in [-0.4, -0.2) is 0 Å². The fraction of sp³-hybridized carbons (Fsp3) is 0.500. The van der Waals surface area contributed by atoms with Gasteiger partial charge < -0.3 is 0 Å². The third-order valence-electron chi connectivity index (χ3n) is 2.47. The maximum absolute atomic E-state index is 5.89. The summed E-state index contributed by atoms with van der Waals surface area (Å²) >= 11 is -1.02. The van der Waals surface area contributed by atoms with Crippen LogP contribution in [0.15, 0.2) is 21.7 Å². The molecule has 0 atom stereocenters. The predicted octanol–water partition coefficient (Wildman–Crippen LogP) is 4.98. The first-order valence-corrected chi connectivity index (χ1v) is 10.1. The summed E-state index contributed by atoms with van der Waals surface area (Å²) in [4.78, 5) is 0. The fourth-order valence-electron chi connectivity index (χ4n) is 1.65. The van der Waals surface area contributed by atoms with Crippen LogP contribution < -0.4 is 0 Å². The molecule has 0 aromatic heterocycles. The molecule has 83 valence electrons. The molecule has 0 aliphatic carbocycles. The molecule has 1 nitrogen and oxygen atoms in total. The van der Waals surface area contributed by atoms with Gasteiger partial charge in [-0.15, -0.1) is 0 Å². The summed E-state index contributed by atoms with van der Waals surface area (Å²) in [7, 11) is 5.89. The van der Waals surface area contributed by atoms with Crippen LogP contribution >= 0.6 is 9.42 Å². The van der Waals surface area contributed by atoms with Crippen molar-refractivity contribution >= 4 is 15.1 Å². The van der Waals surface area contributed by atoms with Crippen molar-refractivity contribution in [3.8, 4) is 0 Å². The summed E-state index contributed by atoms with van der Waals surface area (Å²) in [5.74, 6) is 1.04. The summed E-state index contributed by atoms with van der Waals surface area (Å²) < 4.78 is 4.58. The molecule has 3 heteroatoms. The maximum atomic E-state index is 5.89. The van der Waals surface area contributed by atoms with E-state index in [0.717, 1.165) is 0 Å². The number of rotatable bonds is 3. The van der Waals surface area contributed by atoms with E-state index < -0.39 is 17.3 Å². The SMILES string of the molecule is CC(C)c1cccc(C(C)C)c1[N]=[W][Cl]. The molecule has 0 bridgehead atoms. The Hall–Kier alpha value is -0.00169. The van der Waals surface area contributed by atoms with E-state index in [1.165, 1.54) is 16.8 Å². The van der Waals surface area contributed by atoms with Gasteiger partial charge in [0.2, 0.25) is 0 Å².